The molecule has 21 heavy (non-hydrogen) atoms. The van der Waals surface area contributed by atoms with Crippen molar-refractivity contribution in [3.05, 3.63) is 65.6 Å². The third kappa shape index (κ3) is 2.65. The monoisotopic (exact) mass is 281 g/mol. The lowest BCUT2D eigenvalue weighted by atomic mass is 10.2. The van der Waals surface area contributed by atoms with E-state index in [0.29, 0.717) is 12.2 Å². The van der Waals surface area contributed by atoms with Gasteiger partial charge in [0, 0.05) is 11.6 Å². The fourth-order valence-corrected chi connectivity index (χ4v) is 2.34. The summed E-state index contributed by atoms with van der Waals surface area (Å²) in [5.74, 6) is 0.757. The minimum Gasteiger partial charge on any atom is -0.485 e. The fraction of sp³-hybridized carbons (Fsp3) is 0.176. The van der Waals surface area contributed by atoms with E-state index < -0.39 is 0 Å². The van der Waals surface area contributed by atoms with Gasteiger partial charge in [0.2, 0.25) is 0 Å². The summed E-state index contributed by atoms with van der Waals surface area (Å²) in [4.78, 5) is 10.6. The standard InChI is InChI=1S/C17H17N2O2/c1-13-3-8-17-18(2)15(10-19(17)9-13)12-21-16-6-4-14(11-20)5-7-16/h3-11H,12H2,1-2H3/q+1. The average molecular weight is 281 g/mol. The predicted octanol–water partition coefficient (Wildman–Crippen LogP) is 2.46. The Morgan fingerprint density at radius 1 is 1.14 bits per heavy atom. The molecular formula is C17H17N2O2+. The summed E-state index contributed by atoms with van der Waals surface area (Å²) in [7, 11) is 2.03. The lowest BCUT2D eigenvalue weighted by Crippen LogP contribution is -2.18. The van der Waals surface area contributed by atoms with Crippen LogP contribution < -0.4 is 9.14 Å². The topological polar surface area (TPSA) is 35.3 Å². The number of nitrogens with zero attached hydrogens (tertiary/aromatic N) is 2. The van der Waals surface area contributed by atoms with Gasteiger partial charge in [-0.2, -0.15) is 0 Å². The number of carbonyl (C=O) groups is 1. The number of rotatable bonds is 4. The number of aromatic nitrogens is 2. The molecule has 0 spiro atoms. The number of ether oxygens (including phenoxy) is 1. The average Bonchev–Trinajstić information content (AvgIpc) is 2.81. The van der Waals surface area contributed by atoms with Crippen molar-refractivity contribution in [3.63, 3.8) is 0 Å². The van der Waals surface area contributed by atoms with Crippen LogP contribution in [0.3, 0.4) is 0 Å². The Bertz CT molecular complexity index is 788. The van der Waals surface area contributed by atoms with Crippen LogP contribution in [0.15, 0.2) is 48.8 Å². The Labute approximate surface area is 123 Å². The molecule has 106 valence electrons. The molecule has 0 amide bonds. The SMILES string of the molecule is Cc1ccc2n(C)c(COc3ccc(C=O)cc3)c[n+]2c1. The lowest BCUT2D eigenvalue weighted by Gasteiger charge is -2.03. The molecule has 3 rings (SSSR count). The van der Waals surface area contributed by atoms with Crippen LogP contribution in [-0.2, 0) is 13.7 Å². The second kappa shape index (κ2) is 5.40. The van der Waals surface area contributed by atoms with E-state index >= 15 is 0 Å². The molecule has 2 heterocycles. The molecule has 4 nitrogen and oxygen atoms in total. The largest absolute Gasteiger partial charge is 0.485 e. The van der Waals surface area contributed by atoms with Gasteiger partial charge in [-0.05, 0) is 42.8 Å². The Morgan fingerprint density at radius 3 is 2.62 bits per heavy atom. The third-order valence-corrected chi connectivity index (χ3v) is 3.57. The zero-order valence-electron chi connectivity index (χ0n) is 12.1. The number of benzene rings is 1. The molecule has 3 aromatic rings. The Balaban J connectivity index is 1.81. The first-order chi connectivity index (χ1) is 10.2. The number of fused-ring (bicyclic) bond motifs is 1. The van der Waals surface area contributed by atoms with Crippen LogP contribution in [0.1, 0.15) is 21.6 Å². The minimum atomic E-state index is 0.484. The first-order valence-electron chi connectivity index (χ1n) is 6.81. The predicted molar refractivity (Wildman–Crippen MR) is 79.5 cm³/mol. The maximum atomic E-state index is 10.6. The fourth-order valence-electron chi connectivity index (χ4n) is 2.34. The van der Waals surface area contributed by atoms with Crippen molar-refractivity contribution in [3.8, 4) is 5.75 Å². The third-order valence-electron chi connectivity index (χ3n) is 3.57. The van der Waals surface area contributed by atoms with Crippen LogP contribution in [0.25, 0.3) is 5.65 Å². The molecular weight excluding hydrogens is 264 g/mol. The van der Waals surface area contributed by atoms with E-state index in [1.54, 1.807) is 12.1 Å². The molecule has 0 N–H and O–H groups in total. The molecule has 0 aliphatic carbocycles. The summed E-state index contributed by atoms with van der Waals surface area (Å²) >= 11 is 0. The van der Waals surface area contributed by atoms with Gasteiger partial charge < -0.3 is 4.74 Å². The quantitative estimate of drug-likeness (QED) is 0.544. The van der Waals surface area contributed by atoms with Crippen LogP contribution in [0.2, 0.25) is 0 Å². The number of imidazole rings is 1. The molecule has 4 heteroatoms. The van der Waals surface area contributed by atoms with Crippen LogP contribution in [-0.4, -0.2) is 10.9 Å². The summed E-state index contributed by atoms with van der Waals surface area (Å²) in [6.07, 6.45) is 4.99. The molecule has 0 aliphatic rings. The molecule has 1 aromatic carbocycles. The highest BCUT2D eigenvalue weighted by molar-refractivity contribution is 5.74. The molecule has 0 saturated heterocycles. The van der Waals surface area contributed by atoms with Gasteiger partial charge >= 0.3 is 0 Å². The first kappa shape index (κ1) is 13.4. The summed E-state index contributed by atoms with van der Waals surface area (Å²) in [5, 5.41) is 0. The molecule has 0 fully saturated rings. The summed E-state index contributed by atoms with van der Waals surface area (Å²) in [6.45, 7) is 2.56. The Hall–Kier alpha value is -2.62. The van der Waals surface area contributed by atoms with E-state index in [1.807, 2.05) is 19.2 Å². The van der Waals surface area contributed by atoms with E-state index in [2.05, 4.69) is 40.4 Å². The lowest BCUT2D eigenvalue weighted by molar-refractivity contribution is -0.511. The van der Waals surface area contributed by atoms with Gasteiger partial charge in [0.15, 0.2) is 12.3 Å². The number of pyridine rings is 1. The number of aldehydes is 1. The maximum Gasteiger partial charge on any atom is 0.286 e. The van der Waals surface area contributed by atoms with Gasteiger partial charge in [-0.15, -0.1) is 0 Å². The highest BCUT2D eigenvalue weighted by Gasteiger charge is 2.14. The van der Waals surface area contributed by atoms with Crippen molar-refractivity contribution in [1.29, 1.82) is 0 Å². The van der Waals surface area contributed by atoms with Gasteiger partial charge in [-0.25, -0.2) is 8.97 Å². The smallest absolute Gasteiger partial charge is 0.286 e. The van der Waals surface area contributed by atoms with Crippen LogP contribution in [0.5, 0.6) is 5.75 Å². The van der Waals surface area contributed by atoms with Gasteiger partial charge in [0.1, 0.15) is 18.2 Å². The van der Waals surface area contributed by atoms with Crippen molar-refractivity contribution in [1.82, 2.24) is 4.57 Å². The minimum absolute atomic E-state index is 0.484. The highest BCUT2D eigenvalue weighted by atomic mass is 16.5. The second-order valence-electron chi connectivity index (χ2n) is 5.13. The molecule has 0 bridgehead atoms. The van der Waals surface area contributed by atoms with Gasteiger partial charge in [-0.3, -0.25) is 4.79 Å². The highest BCUT2D eigenvalue weighted by Crippen LogP contribution is 2.14. The van der Waals surface area contributed by atoms with E-state index in [9.17, 15) is 4.79 Å². The number of carbonyl (C=O) groups excluding carboxylic acids is 1. The van der Waals surface area contributed by atoms with Crippen LogP contribution in [0.4, 0.5) is 0 Å². The molecule has 0 aliphatic heterocycles. The van der Waals surface area contributed by atoms with E-state index in [-0.39, 0.29) is 0 Å². The second-order valence-corrected chi connectivity index (χ2v) is 5.13. The number of aryl methyl sites for hydroxylation is 2. The van der Waals surface area contributed by atoms with E-state index in [4.69, 9.17) is 4.74 Å². The van der Waals surface area contributed by atoms with Crippen LogP contribution in [0, 0.1) is 6.92 Å². The maximum absolute atomic E-state index is 10.6. The zero-order chi connectivity index (χ0) is 14.8. The van der Waals surface area contributed by atoms with Crippen molar-refractivity contribution in [2.75, 3.05) is 0 Å². The Kier molecular flexibility index (Phi) is 3.44. The van der Waals surface area contributed by atoms with Gasteiger partial charge in [0.05, 0.1) is 13.2 Å². The molecule has 0 unspecified atom stereocenters. The van der Waals surface area contributed by atoms with Crippen molar-refractivity contribution in [2.24, 2.45) is 7.05 Å². The number of hydrogen-bond donors (Lipinski definition) is 0. The van der Waals surface area contributed by atoms with Gasteiger partial charge in [-0.1, -0.05) is 0 Å². The Morgan fingerprint density at radius 2 is 1.90 bits per heavy atom. The number of hydrogen-bond acceptors (Lipinski definition) is 2. The molecule has 2 aromatic heterocycles. The van der Waals surface area contributed by atoms with Crippen LogP contribution >= 0.6 is 0 Å². The van der Waals surface area contributed by atoms with Crippen molar-refractivity contribution in [2.45, 2.75) is 13.5 Å². The van der Waals surface area contributed by atoms with E-state index in [1.165, 1.54) is 5.56 Å². The summed E-state index contributed by atoms with van der Waals surface area (Å²) in [6, 6.07) is 11.3. The van der Waals surface area contributed by atoms with E-state index in [0.717, 1.165) is 23.4 Å². The summed E-state index contributed by atoms with van der Waals surface area (Å²) in [5.41, 5.74) is 4.07. The normalized spacial score (nSPS) is 10.8. The molecule has 0 radical (unpaired) electrons. The van der Waals surface area contributed by atoms with Gasteiger partial charge in [0.25, 0.3) is 5.65 Å². The summed E-state index contributed by atoms with van der Waals surface area (Å²) < 4.78 is 9.99. The van der Waals surface area contributed by atoms with Crippen molar-refractivity contribution < 1.29 is 13.9 Å². The van der Waals surface area contributed by atoms with Crippen molar-refractivity contribution >= 4 is 11.9 Å². The first-order valence-corrected chi connectivity index (χ1v) is 6.81. The molecule has 0 atom stereocenters. The zero-order valence-corrected chi connectivity index (χ0v) is 12.1. The molecule has 0 saturated carbocycles.